The van der Waals surface area contributed by atoms with E-state index >= 15 is 0 Å². The summed E-state index contributed by atoms with van der Waals surface area (Å²) in [5.74, 6) is -0.368. The highest BCUT2D eigenvalue weighted by atomic mass is 16.6. The lowest BCUT2D eigenvalue weighted by Gasteiger charge is -2.32. The maximum absolute atomic E-state index is 11.9. The van der Waals surface area contributed by atoms with Crippen LogP contribution in [0.2, 0.25) is 0 Å². The first-order valence-electron chi connectivity index (χ1n) is 6.04. The molecule has 0 aromatic carbocycles. The number of rotatable bonds is 6. The van der Waals surface area contributed by atoms with E-state index in [0.717, 1.165) is 32.1 Å². The Labute approximate surface area is 96.3 Å². The third-order valence-corrected chi connectivity index (χ3v) is 3.04. The van der Waals surface area contributed by atoms with Gasteiger partial charge >= 0.3 is 5.97 Å². The molecule has 4 nitrogen and oxygen atoms in total. The van der Waals surface area contributed by atoms with Gasteiger partial charge < -0.3 is 9.47 Å². The maximum Gasteiger partial charge on any atom is 0.350 e. The summed E-state index contributed by atoms with van der Waals surface area (Å²) in [7, 11) is 0. The molecule has 0 atom stereocenters. The second kappa shape index (κ2) is 6.51. The predicted octanol–water partition coefficient (Wildman–Crippen LogP) is 2.21. The van der Waals surface area contributed by atoms with Crippen molar-refractivity contribution in [3.05, 3.63) is 0 Å². The molecular formula is C12H20O4. The minimum absolute atomic E-state index is 0.367. The first kappa shape index (κ1) is 13.0. The average molecular weight is 228 g/mol. The van der Waals surface area contributed by atoms with Crippen molar-refractivity contribution in [2.75, 3.05) is 6.61 Å². The van der Waals surface area contributed by atoms with Crippen LogP contribution in [-0.2, 0) is 19.1 Å². The predicted molar refractivity (Wildman–Crippen MR) is 58.8 cm³/mol. The van der Waals surface area contributed by atoms with Gasteiger partial charge in [-0.1, -0.05) is 19.8 Å². The highest BCUT2D eigenvalue weighted by Crippen LogP contribution is 2.32. The summed E-state index contributed by atoms with van der Waals surface area (Å²) in [4.78, 5) is 22.4. The van der Waals surface area contributed by atoms with Gasteiger partial charge in [0.15, 0.2) is 0 Å². The van der Waals surface area contributed by atoms with Gasteiger partial charge in [0.2, 0.25) is 5.60 Å². The minimum atomic E-state index is -0.992. The number of unbranched alkanes of at least 4 members (excludes halogenated alkanes) is 1. The van der Waals surface area contributed by atoms with Crippen molar-refractivity contribution in [1.82, 2.24) is 0 Å². The lowest BCUT2D eigenvalue weighted by Crippen LogP contribution is -2.44. The van der Waals surface area contributed by atoms with Crippen LogP contribution in [0.4, 0.5) is 0 Å². The van der Waals surface area contributed by atoms with Crippen LogP contribution in [0.15, 0.2) is 0 Å². The Morgan fingerprint density at radius 3 is 2.56 bits per heavy atom. The molecule has 4 heteroatoms. The first-order valence-corrected chi connectivity index (χ1v) is 6.04. The molecular weight excluding hydrogens is 208 g/mol. The number of hydrogen-bond donors (Lipinski definition) is 0. The number of hydrogen-bond acceptors (Lipinski definition) is 4. The fourth-order valence-electron chi connectivity index (χ4n) is 2.03. The lowest BCUT2D eigenvalue weighted by molar-refractivity contribution is -0.179. The van der Waals surface area contributed by atoms with E-state index in [1.54, 1.807) is 0 Å². The van der Waals surface area contributed by atoms with Crippen LogP contribution in [0, 0.1) is 0 Å². The van der Waals surface area contributed by atoms with Crippen molar-refractivity contribution in [2.24, 2.45) is 0 Å². The molecule has 0 aromatic heterocycles. The zero-order chi connectivity index (χ0) is 11.9. The van der Waals surface area contributed by atoms with Gasteiger partial charge in [-0.15, -0.1) is 0 Å². The first-order chi connectivity index (χ1) is 7.75. The largest absolute Gasteiger partial charge is 0.463 e. The van der Waals surface area contributed by atoms with Gasteiger partial charge in [-0.05, 0) is 32.1 Å². The third kappa shape index (κ3) is 3.22. The van der Waals surface area contributed by atoms with Crippen molar-refractivity contribution in [1.29, 1.82) is 0 Å². The summed E-state index contributed by atoms with van der Waals surface area (Å²) in [6.07, 6.45) is 5.94. The second-order valence-corrected chi connectivity index (χ2v) is 4.26. The van der Waals surface area contributed by atoms with Crippen molar-refractivity contribution in [3.63, 3.8) is 0 Å². The molecule has 1 saturated carbocycles. The van der Waals surface area contributed by atoms with Crippen LogP contribution in [0.3, 0.4) is 0 Å². The molecule has 0 aliphatic heterocycles. The normalized spacial score (nSPS) is 18.8. The Hall–Kier alpha value is -1.06. The Morgan fingerprint density at radius 2 is 2.00 bits per heavy atom. The summed E-state index contributed by atoms with van der Waals surface area (Å²) in [6.45, 7) is 2.82. The van der Waals surface area contributed by atoms with Crippen LogP contribution in [0.1, 0.15) is 51.9 Å². The van der Waals surface area contributed by atoms with Gasteiger partial charge in [0.25, 0.3) is 6.47 Å². The van der Waals surface area contributed by atoms with E-state index in [9.17, 15) is 9.59 Å². The van der Waals surface area contributed by atoms with Crippen LogP contribution in [-0.4, -0.2) is 24.6 Å². The van der Waals surface area contributed by atoms with Gasteiger partial charge in [0.05, 0.1) is 6.61 Å². The van der Waals surface area contributed by atoms with E-state index in [1.807, 2.05) is 6.92 Å². The summed E-state index contributed by atoms with van der Waals surface area (Å²) < 4.78 is 10.2. The molecule has 1 fully saturated rings. The fourth-order valence-corrected chi connectivity index (χ4v) is 2.03. The van der Waals surface area contributed by atoms with Gasteiger partial charge in [-0.25, -0.2) is 4.79 Å². The highest BCUT2D eigenvalue weighted by Gasteiger charge is 2.43. The molecule has 0 N–H and O–H groups in total. The molecule has 0 amide bonds. The van der Waals surface area contributed by atoms with E-state index in [4.69, 9.17) is 9.47 Å². The van der Waals surface area contributed by atoms with E-state index in [-0.39, 0.29) is 5.97 Å². The summed E-state index contributed by atoms with van der Waals surface area (Å²) in [6, 6.07) is 0. The smallest absolute Gasteiger partial charge is 0.350 e. The van der Waals surface area contributed by atoms with Crippen molar-refractivity contribution < 1.29 is 19.1 Å². The SMILES string of the molecule is CCCCOC(=O)C1(OC=O)CCCCC1. The van der Waals surface area contributed by atoms with Gasteiger partial charge in [-0.3, -0.25) is 4.79 Å². The third-order valence-electron chi connectivity index (χ3n) is 3.04. The Kier molecular flexibility index (Phi) is 5.29. The average Bonchev–Trinajstić information content (AvgIpc) is 2.31. The molecule has 1 rings (SSSR count). The highest BCUT2D eigenvalue weighted by molar-refractivity contribution is 5.81. The molecule has 0 saturated heterocycles. The minimum Gasteiger partial charge on any atom is -0.463 e. The topological polar surface area (TPSA) is 52.6 Å². The van der Waals surface area contributed by atoms with Crippen LogP contribution in [0.5, 0.6) is 0 Å². The molecule has 0 spiro atoms. The molecule has 1 aliphatic rings. The van der Waals surface area contributed by atoms with E-state index in [0.29, 0.717) is 25.9 Å². The van der Waals surface area contributed by atoms with Crippen LogP contribution in [0.25, 0.3) is 0 Å². The molecule has 0 unspecified atom stereocenters. The number of esters is 1. The second-order valence-electron chi connectivity index (χ2n) is 4.26. The summed E-state index contributed by atoms with van der Waals surface area (Å²) in [5, 5.41) is 0. The standard InChI is InChI=1S/C12H20O4/c1-2-3-9-15-11(14)12(16-10-13)7-5-4-6-8-12/h10H,2-9H2,1H3. The van der Waals surface area contributed by atoms with Crippen molar-refractivity contribution in [3.8, 4) is 0 Å². The Balaban J connectivity index is 2.53. The van der Waals surface area contributed by atoms with Crippen LogP contribution < -0.4 is 0 Å². The number of carbonyl (C=O) groups excluding carboxylic acids is 2. The fraction of sp³-hybridized carbons (Fsp3) is 0.833. The quantitative estimate of drug-likeness (QED) is 0.397. The Bertz CT molecular complexity index is 231. The van der Waals surface area contributed by atoms with Crippen LogP contribution >= 0.6 is 0 Å². The zero-order valence-corrected chi connectivity index (χ0v) is 9.87. The Morgan fingerprint density at radius 1 is 1.31 bits per heavy atom. The van der Waals surface area contributed by atoms with E-state index in [1.165, 1.54) is 0 Å². The maximum atomic E-state index is 11.9. The summed E-state index contributed by atoms with van der Waals surface area (Å²) in [5.41, 5.74) is -0.992. The number of ether oxygens (including phenoxy) is 2. The van der Waals surface area contributed by atoms with Crippen molar-refractivity contribution >= 4 is 12.4 Å². The van der Waals surface area contributed by atoms with E-state index in [2.05, 4.69) is 0 Å². The monoisotopic (exact) mass is 228 g/mol. The molecule has 92 valence electrons. The lowest BCUT2D eigenvalue weighted by atomic mass is 9.84. The summed E-state index contributed by atoms with van der Waals surface area (Å²) >= 11 is 0. The molecule has 16 heavy (non-hydrogen) atoms. The molecule has 0 aromatic rings. The molecule has 0 bridgehead atoms. The van der Waals surface area contributed by atoms with E-state index < -0.39 is 5.60 Å². The van der Waals surface area contributed by atoms with Gasteiger partial charge in [0, 0.05) is 0 Å². The number of carbonyl (C=O) groups is 2. The van der Waals surface area contributed by atoms with Gasteiger partial charge in [-0.2, -0.15) is 0 Å². The van der Waals surface area contributed by atoms with Crippen molar-refractivity contribution in [2.45, 2.75) is 57.5 Å². The molecule has 0 heterocycles. The van der Waals surface area contributed by atoms with Gasteiger partial charge in [0.1, 0.15) is 0 Å². The molecule has 0 radical (unpaired) electrons. The molecule has 1 aliphatic carbocycles. The zero-order valence-electron chi connectivity index (χ0n) is 9.87.